The lowest BCUT2D eigenvalue weighted by Gasteiger charge is -2.03. The van der Waals surface area contributed by atoms with Crippen molar-refractivity contribution in [1.29, 1.82) is 0 Å². The number of carbonyl (C=O) groups excluding carboxylic acids is 1. The van der Waals surface area contributed by atoms with E-state index in [1.807, 2.05) is 12.3 Å². The number of hydrogen-bond donors (Lipinski definition) is 1. The van der Waals surface area contributed by atoms with Gasteiger partial charge < -0.3 is 14.8 Å². The van der Waals surface area contributed by atoms with Crippen LogP contribution in [0, 0.1) is 6.92 Å². The van der Waals surface area contributed by atoms with E-state index in [4.69, 9.17) is 9.47 Å². The highest BCUT2D eigenvalue weighted by molar-refractivity contribution is 7.13. The fraction of sp³-hybridized carbons (Fsp3) is 0.636. The maximum atomic E-state index is 11.5. The van der Waals surface area contributed by atoms with Gasteiger partial charge in [0.15, 0.2) is 5.13 Å². The molecule has 1 amide bonds. The molecule has 0 spiro atoms. The third kappa shape index (κ3) is 6.35. The molecule has 0 saturated carbocycles. The molecule has 0 saturated heterocycles. The van der Waals surface area contributed by atoms with Crippen molar-refractivity contribution >= 4 is 22.4 Å². The van der Waals surface area contributed by atoms with Gasteiger partial charge >= 0.3 is 0 Å². The minimum atomic E-state index is -0.0188. The predicted molar refractivity (Wildman–Crippen MR) is 67.4 cm³/mol. The number of aromatic nitrogens is 1. The van der Waals surface area contributed by atoms with Crippen molar-refractivity contribution in [3.8, 4) is 0 Å². The quantitative estimate of drug-likeness (QED) is 0.723. The van der Waals surface area contributed by atoms with E-state index in [0.29, 0.717) is 37.8 Å². The number of anilines is 1. The first-order valence-corrected chi connectivity index (χ1v) is 6.39. The molecule has 1 N–H and O–H groups in total. The van der Waals surface area contributed by atoms with Crippen molar-refractivity contribution < 1.29 is 14.3 Å². The first-order valence-electron chi connectivity index (χ1n) is 5.51. The summed E-state index contributed by atoms with van der Waals surface area (Å²) in [6.07, 6.45) is 1.16. The van der Waals surface area contributed by atoms with Gasteiger partial charge in [0.25, 0.3) is 0 Å². The van der Waals surface area contributed by atoms with Crippen LogP contribution in [0.15, 0.2) is 5.38 Å². The molecule has 5 nitrogen and oxygen atoms in total. The van der Waals surface area contributed by atoms with Gasteiger partial charge in [-0.25, -0.2) is 4.98 Å². The minimum Gasteiger partial charge on any atom is -0.382 e. The Kier molecular flexibility index (Phi) is 6.76. The molecule has 0 atom stereocenters. The third-order valence-corrected chi connectivity index (χ3v) is 2.87. The summed E-state index contributed by atoms with van der Waals surface area (Å²) in [6, 6.07) is 0. The Morgan fingerprint density at radius 2 is 2.29 bits per heavy atom. The van der Waals surface area contributed by atoms with Crippen LogP contribution in [0.3, 0.4) is 0 Å². The lowest BCUT2D eigenvalue weighted by molar-refractivity contribution is -0.116. The van der Waals surface area contributed by atoms with E-state index in [1.54, 1.807) is 7.11 Å². The van der Waals surface area contributed by atoms with Gasteiger partial charge in [-0.2, -0.15) is 0 Å². The van der Waals surface area contributed by atoms with Gasteiger partial charge in [0.05, 0.1) is 18.9 Å². The Balaban J connectivity index is 2.05. The summed E-state index contributed by atoms with van der Waals surface area (Å²) in [4.78, 5) is 15.6. The molecule has 0 bridgehead atoms. The lowest BCUT2D eigenvalue weighted by atomic mass is 10.3. The van der Waals surface area contributed by atoms with Crippen molar-refractivity contribution in [3.63, 3.8) is 0 Å². The number of thiazole rings is 1. The summed E-state index contributed by atoms with van der Waals surface area (Å²) < 4.78 is 10.1. The predicted octanol–water partition coefficient (Wildman–Crippen LogP) is 1.83. The number of amides is 1. The number of aryl methyl sites for hydroxylation is 1. The van der Waals surface area contributed by atoms with Gasteiger partial charge in [-0.15, -0.1) is 11.3 Å². The summed E-state index contributed by atoms with van der Waals surface area (Å²) in [5, 5.41) is 5.32. The summed E-state index contributed by atoms with van der Waals surface area (Å²) in [5.41, 5.74) is 0.924. The van der Waals surface area contributed by atoms with Crippen molar-refractivity contribution in [3.05, 3.63) is 11.1 Å². The van der Waals surface area contributed by atoms with Crippen LogP contribution in [0.1, 0.15) is 18.5 Å². The van der Waals surface area contributed by atoms with Crippen LogP contribution in [-0.4, -0.2) is 37.8 Å². The highest BCUT2D eigenvalue weighted by atomic mass is 32.1. The van der Waals surface area contributed by atoms with Crippen LogP contribution < -0.4 is 5.32 Å². The molecule has 0 aliphatic carbocycles. The lowest BCUT2D eigenvalue weighted by Crippen LogP contribution is -2.12. The summed E-state index contributed by atoms with van der Waals surface area (Å²) >= 11 is 1.44. The summed E-state index contributed by atoms with van der Waals surface area (Å²) in [6.45, 7) is 3.64. The van der Waals surface area contributed by atoms with Gasteiger partial charge in [-0.1, -0.05) is 0 Å². The average molecular weight is 258 g/mol. The van der Waals surface area contributed by atoms with E-state index in [0.717, 1.165) is 5.69 Å². The second kappa shape index (κ2) is 8.16. The maximum absolute atomic E-state index is 11.5. The maximum Gasteiger partial charge on any atom is 0.226 e. The van der Waals surface area contributed by atoms with Crippen LogP contribution >= 0.6 is 11.3 Å². The standard InChI is InChI=1S/C11H18N2O3S/c1-9-8-17-11(12-9)13-10(14)4-3-5-16-7-6-15-2/h8H,3-7H2,1-2H3,(H,12,13,14). The van der Waals surface area contributed by atoms with Crippen molar-refractivity contribution in [2.75, 3.05) is 32.2 Å². The zero-order valence-corrected chi connectivity index (χ0v) is 11.0. The normalized spacial score (nSPS) is 10.5. The third-order valence-electron chi connectivity index (χ3n) is 1.99. The molecule has 0 aliphatic heterocycles. The monoisotopic (exact) mass is 258 g/mol. The van der Waals surface area contributed by atoms with Gasteiger partial charge in [0.1, 0.15) is 0 Å². The molecule has 17 heavy (non-hydrogen) atoms. The minimum absolute atomic E-state index is 0.0188. The Morgan fingerprint density at radius 1 is 1.47 bits per heavy atom. The van der Waals surface area contributed by atoms with Crippen molar-refractivity contribution in [2.24, 2.45) is 0 Å². The van der Waals surface area contributed by atoms with E-state index in [-0.39, 0.29) is 5.91 Å². The van der Waals surface area contributed by atoms with Gasteiger partial charge in [0, 0.05) is 25.5 Å². The molecule has 1 aromatic rings. The molecule has 1 aromatic heterocycles. The second-order valence-electron chi connectivity index (χ2n) is 3.55. The highest BCUT2D eigenvalue weighted by Gasteiger charge is 2.04. The zero-order chi connectivity index (χ0) is 12.5. The van der Waals surface area contributed by atoms with Gasteiger partial charge in [0.2, 0.25) is 5.91 Å². The second-order valence-corrected chi connectivity index (χ2v) is 4.41. The summed E-state index contributed by atoms with van der Waals surface area (Å²) in [7, 11) is 1.63. The number of ether oxygens (including phenoxy) is 2. The molecule has 1 heterocycles. The number of nitrogens with zero attached hydrogens (tertiary/aromatic N) is 1. The molecule has 0 aliphatic rings. The van der Waals surface area contributed by atoms with E-state index in [2.05, 4.69) is 10.3 Å². The molecule has 0 radical (unpaired) electrons. The van der Waals surface area contributed by atoms with E-state index in [9.17, 15) is 4.79 Å². The van der Waals surface area contributed by atoms with E-state index in [1.165, 1.54) is 11.3 Å². The molecule has 6 heteroatoms. The fourth-order valence-electron chi connectivity index (χ4n) is 1.17. The zero-order valence-electron chi connectivity index (χ0n) is 10.2. The number of nitrogens with one attached hydrogen (secondary N) is 1. The number of rotatable bonds is 8. The fourth-order valence-corrected chi connectivity index (χ4v) is 1.88. The Hall–Kier alpha value is -0.980. The molecule has 0 unspecified atom stereocenters. The number of methoxy groups -OCH3 is 1. The first kappa shape index (κ1) is 14.1. The van der Waals surface area contributed by atoms with Gasteiger partial charge in [-0.05, 0) is 13.3 Å². The van der Waals surface area contributed by atoms with Crippen LogP contribution in [0.5, 0.6) is 0 Å². The van der Waals surface area contributed by atoms with Crippen molar-refractivity contribution in [1.82, 2.24) is 4.98 Å². The average Bonchev–Trinajstić information content (AvgIpc) is 2.69. The van der Waals surface area contributed by atoms with E-state index >= 15 is 0 Å². The summed E-state index contributed by atoms with van der Waals surface area (Å²) in [5.74, 6) is -0.0188. The first-order chi connectivity index (χ1) is 8.22. The molecule has 0 fully saturated rings. The molecular weight excluding hydrogens is 240 g/mol. The molecule has 0 aromatic carbocycles. The van der Waals surface area contributed by atoms with E-state index < -0.39 is 0 Å². The molecular formula is C11H18N2O3S. The van der Waals surface area contributed by atoms with Crippen molar-refractivity contribution in [2.45, 2.75) is 19.8 Å². The van der Waals surface area contributed by atoms with Gasteiger partial charge in [-0.3, -0.25) is 4.79 Å². The topological polar surface area (TPSA) is 60.5 Å². The largest absolute Gasteiger partial charge is 0.382 e. The SMILES string of the molecule is COCCOCCCC(=O)Nc1nc(C)cs1. The number of carbonyl (C=O) groups is 1. The van der Waals surface area contributed by atoms with Crippen LogP contribution in [0.25, 0.3) is 0 Å². The smallest absolute Gasteiger partial charge is 0.226 e. The Morgan fingerprint density at radius 3 is 2.94 bits per heavy atom. The number of hydrogen-bond acceptors (Lipinski definition) is 5. The van der Waals surface area contributed by atoms with Crippen LogP contribution in [-0.2, 0) is 14.3 Å². The van der Waals surface area contributed by atoms with Crippen LogP contribution in [0.2, 0.25) is 0 Å². The molecule has 1 rings (SSSR count). The highest BCUT2D eigenvalue weighted by Crippen LogP contribution is 2.14. The Bertz CT molecular complexity index is 341. The molecule has 96 valence electrons. The Labute approximate surface area is 105 Å². The van der Waals surface area contributed by atoms with Crippen LogP contribution in [0.4, 0.5) is 5.13 Å².